The smallest absolute Gasteiger partial charge is 0.126 e. The lowest BCUT2D eigenvalue weighted by atomic mass is 10.1. The Labute approximate surface area is 110 Å². The molecule has 0 aliphatic carbocycles. The van der Waals surface area contributed by atoms with Crippen LogP contribution in [0.15, 0.2) is 18.5 Å². The Kier molecular flexibility index (Phi) is 6.09. The fourth-order valence-corrected chi connectivity index (χ4v) is 1.46. The van der Waals surface area contributed by atoms with E-state index < -0.39 is 0 Å². The van der Waals surface area contributed by atoms with E-state index in [1.54, 1.807) is 13.3 Å². The van der Waals surface area contributed by atoms with Crippen molar-refractivity contribution in [3.63, 3.8) is 0 Å². The molecule has 0 amide bonds. The molecule has 0 atom stereocenters. The zero-order valence-corrected chi connectivity index (χ0v) is 11.8. The number of pyridine rings is 1. The van der Waals surface area contributed by atoms with Gasteiger partial charge in [-0.15, -0.1) is 0 Å². The summed E-state index contributed by atoms with van der Waals surface area (Å²) in [7, 11) is 1.73. The predicted molar refractivity (Wildman–Crippen MR) is 72.8 cm³/mol. The molecule has 0 radical (unpaired) electrons. The van der Waals surface area contributed by atoms with Gasteiger partial charge >= 0.3 is 0 Å². The molecule has 0 saturated heterocycles. The van der Waals surface area contributed by atoms with Gasteiger partial charge < -0.3 is 14.8 Å². The van der Waals surface area contributed by atoms with Gasteiger partial charge in [-0.25, -0.2) is 0 Å². The third-order valence-electron chi connectivity index (χ3n) is 2.94. The molecule has 0 aromatic carbocycles. The molecule has 4 heteroatoms. The quantitative estimate of drug-likeness (QED) is 0.771. The summed E-state index contributed by atoms with van der Waals surface area (Å²) in [6.07, 6.45) is 4.46. The van der Waals surface area contributed by atoms with Crippen molar-refractivity contribution in [2.24, 2.45) is 0 Å². The summed E-state index contributed by atoms with van der Waals surface area (Å²) in [5.41, 5.74) is 0.948. The lowest BCUT2D eigenvalue weighted by Gasteiger charge is -2.23. The molecule has 0 bridgehead atoms. The fourth-order valence-electron chi connectivity index (χ4n) is 1.46. The Hall–Kier alpha value is -1.13. The maximum Gasteiger partial charge on any atom is 0.126 e. The first-order valence-corrected chi connectivity index (χ1v) is 6.40. The summed E-state index contributed by atoms with van der Waals surface area (Å²) in [5, 5.41) is 3.28. The van der Waals surface area contributed by atoms with E-state index in [0.29, 0.717) is 6.61 Å². The molecule has 4 nitrogen and oxygen atoms in total. The van der Waals surface area contributed by atoms with Crippen LogP contribution in [0.5, 0.6) is 5.75 Å². The lowest BCUT2D eigenvalue weighted by molar-refractivity contribution is 0.00536. The number of hydrogen-bond acceptors (Lipinski definition) is 4. The van der Waals surface area contributed by atoms with Gasteiger partial charge in [0, 0.05) is 38.0 Å². The molecule has 1 rings (SSSR count). The summed E-state index contributed by atoms with van der Waals surface area (Å²) < 4.78 is 11.2. The van der Waals surface area contributed by atoms with Gasteiger partial charge in [0.05, 0.1) is 12.2 Å². The van der Waals surface area contributed by atoms with Gasteiger partial charge in [-0.3, -0.25) is 4.98 Å². The Morgan fingerprint density at radius 1 is 1.39 bits per heavy atom. The molecule has 0 unspecified atom stereocenters. The van der Waals surface area contributed by atoms with Gasteiger partial charge in [0.2, 0.25) is 0 Å². The van der Waals surface area contributed by atoms with Crippen molar-refractivity contribution in [1.29, 1.82) is 0 Å². The number of methoxy groups -OCH3 is 1. The summed E-state index contributed by atoms with van der Waals surface area (Å²) in [4.78, 5) is 4.13. The number of nitrogens with one attached hydrogen (secondary N) is 1. The topological polar surface area (TPSA) is 43.4 Å². The van der Waals surface area contributed by atoms with Crippen LogP contribution in [0.1, 0.15) is 32.8 Å². The molecule has 0 fully saturated rings. The van der Waals surface area contributed by atoms with E-state index in [2.05, 4.69) is 31.1 Å². The summed E-state index contributed by atoms with van der Waals surface area (Å²) in [6.45, 7) is 8.56. The molecule has 102 valence electrons. The summed E-state index contributed by atoms with van der Waals surface area (Å²) >= 11 is 0. The standard InChI is InChI=1S/C14H24N2O2/c1-5-15-10-12-11-16-8-6-13(12)18-9-7-14(2,3)17-4/h6,8,11,15H,5,7,9-10H2,1-4H3. The summed E-state index contributed by atoms with van der Waals surface area (Å²) in [6, 6.07) is 1.91. The van der Waals surface area contributed by atoms with E-state index in [1.165, 1.54) is 0 Å². The van der Waals surface area contributed by atoms with Crippen LogP contribution in [0.2, 0.25) is 0 Å². The van der Waals surface area contributed by atoms with E-state index in [-0.39, 0.29) is 5.60 Å². The molecule has 18 heavy (non-hydrogen) atoms. The van der Waals surface area contributed by atoms with Crippen molar-refractivity contribution >= 4 is 0 Å². The summed E-state index contributed by atoms with van der Waals surface area (Å²) in [5.74, 6) is 0.901. The van der Waals surface area contributed by atoms with E-state index in [0.717, 1.165) is 30.8 Å². The molecule has 1 aromatic heterocycles. The first-order chi connectivity index (χ1) is 8.59. The van der Waals surface area contributed by atoms with Crippen LogP contribution >= 0.6 is 0 Å². The largest absolute Gasteiger partial charge is 0.493 e. The first kappa shape index (κ1) is 14.9. The van der Waals surface area contributed by atoms with E-state index in [4.69, 9.17) is 9.47 Å². The van der Waals surface area contributed by atoms with Crippen molar-refractivity contribution in [2.45, 2.75) is 39.3 Å². The predicted octanol–water partition coefficient (Wildman–Crippen LogP) is 2.39. The highest BCUT2D eigenvalue weighted by Gasteiger charge is 2.16. The molecule has 1 N–H and O–H groups in total. The molecule has 1 heterocycles. The number of hydrogen-bond donors (Lipinski definition) is 1. The minimum Gasteiger partial charge on any atom is -0.493 e. The maximum atomic E-state index is 5.81. The maximum absolute atomic E-state index is 5.81. The van der Waals surface area contributed by atoms with Crippen molar-refractivity contribution < 1.29 is 9.47 Å². The number of aromatic nitrogens is 1. The Morgan fingerprint density at radius 3 is 2.83 bits per heavy atom. The number of rotatable bonds is 8. The number of nitrogens with zero attached hydrogens (tertiary/aromatic N) is 1. The third kappa shape index (κ3) is 5.02. The second kappa shape index (κ2) is 7.34. The molecule has 0 spiro atoms. The van der Waals surface area contributed by atoms with Crippen LogP contribution in [0, 0.1) is 0 Å². The van der Waals surface area contributed by atoms with Crippen LogP contribution < -0.4 is 10.1 Å². The molecule has 0 aliphatic heterocycles. The molecule has 0 saturated carbocycles. The molecule has 1 aromatic rings. The van der Waals surface area contributed by atoms with Gasteiger partial charge in [0.15, 0.2) is 0 Å². The minimum atomic E-state index is -0.144. The van der Waals surface area contributed by atoms with Gasteiger partial charge in [-0.05, 0) is 26.5 Å². The van der Waals surface area contributed by atoms with Gasteiger partial charge in [0.25, 0.3) is 0 Å². The SMILES string of the molecule is CCNCc1cnccc1OCCC(C)(C)OC. The Morgan fingerprint density at radius 2 is 2.17 bits per heavy atom. The van der Waals surface area contributed by atoms with Crippen molar-refractivity contribution in [3.8, 4) is 5.75 Å². The zero-order chi connectivity index (χ0) is 13.4. The van der Waals surface area contributed by atoms with Crippen molar-refractivity contribution in [1.82, 2.24) is 10.3 Å². The van der Waals surface area contributed by atoms with Crippen LogP contribution in [0.25, 0.3) is 0 Å². The zero-order valence-electron chi connectivity index (χ0n) is 11.8. The number of ether oxygens (including phenoxy) is 2. The van der Waals surface area contributed by atoms with E-state index in [1.807, 2.05) is 12.3 Å². The second-order valence-corrected chi connectivity index (χ2v) is 4.83. The molecular weight excluding hydrogens is 228 g/mol. The van der Waals surface area contributed by atoms with Gasteiger partial charge in [-0.1, -0.05) is 6.92 Å². The first-order valence-electron chi connectivity index (χ1n) is 6.40. The van der Waals surface area contributed by atoms with Crippen molar-refractivity contribution in [3.05, 3.63) is 24.0 Å². The van der Waals surface area contributed by atoms with Gasteiger partial charge in [0.1, 0.15) is 5.75 Å². The minimum absolute atomic E-state index is 0.144. The Bertz CT molecular complexity index is 353. The fraction of sp³-hybridized carbons (Fsp3) is 0.643. The molecule has 0 aliphatic rings. The van der Waals surface area contributed by atoms with Gasteiger partial charge in [-0.2, -0.15) is 0 Å². The van der Waals surface area contributed by atoms with Crippen LogP contribution in [0.4, 0.5) is 0 Å². The highest BCUT2D eigenvalue weighted by atomic mass is 16.5. The third-order valence-corrected chi connectivity index (χ3v) is 2.94. The lowest BCUT2D eigenvalue weighted by Crippen LogP contribution is -2.25. The highest BCUT2D eigenvalue weighted by molar-refractivity contribution is 5.29. The van der Waals surface area contributed by atoms with E-state index >= 15 is 0 Å². The van der Waals surface area contributed by atoms with Crippen LogP contribution in [-0.4, -0.2) is 30.8 Å². The Balaban J connectivity index is 2.51. The van der Waals surface area contributed by atoms with Crippen molar-refractivity contribution in [2.75, 3.05) is 20.3 Å². The molecular formula is C14H24N2O2. The van der Waals surface area contributed by atoms with Crippen LogP contribution in [-0.2, 0) is 11.3 Å². The van der Waals surface area contributed by atoms with E-state index in [9.17, 15) is 0 Å². The second-order valence-electron chi connectivity index (χ2n) is 4.83. The highest BCUT2D eigenvalue weighted by Crippen LogP contribution is 2.19. The van der Waals surface area contributed by atoms with Crippen LogP contribution in [0.3, 0.4) is 0 Å². The average Bonchev–Trinajstić information content (AvgIpc) is 2.37. The monoisotopic (exact) mass is 252 g/mol. The normalized spacial score (nSPS) is 11.6. The average molecular weight is 252 g/mol.